The van der Waals surface area contributed by atoms with Gasteiger partial charge in [-0.1, -0.05) is 25.5 Å². The summed E-state index contributed by atoms with van der Waals surface area (Å²) in [6, 6.07) is 0. The lowest BCUT2D eigenvalue weighted by molar-refractivity contribution is 0.748. The van der Waals surface area contributed by atoms with Gasteiger partial charge in [-0.15, -0.1) is 11.8 Å². The van der Waals surface area contributed by atoms with Crippen molar-refractivity contribution in [2.24, 2.45) is 5.92 Å². The first kappa shape index (κ1) is 7.93. The summed E-state index contributed by atoms with van der Waals surface area (Å²) in [7, 11) is 0. The third-order valence-electron chi connectivity index (χ3n) is 1.76. The van der Waals surface area contributed by atoms with Crippen molar-refractivity contribution in [3.05, 3.63) is 22.0 Å². The highest BCUT2D eigenvalue weighted by atomic mass is 32.2. The van der Waals surface area contributed by atoms with Gasteiger partial charge in [-0.2, -0.15) is 0 Å². The van der Waals surface area contributed by atoms with Gasteiger partial charge >= 0.3 is 0 Å². The van der Waals surface area contributed by atoms with Crippen molar-refractivity contribution < 1.29 is 0 Å². The Morgan fingerprint density at radius 3 is 2.60 bits per heavy atom. The zero-order valence-corrected chi connectivity index (χ0v) is 7.66. The first-order chi connectivity index (χ1) is 4.70. The van der Waals surface area contributed by atoms with E-state index >= 15 is 0 Å². The standard InChI is InChI=1S/C9H14S/c1-7(2)9-5-4-8(3)10-6-9/h4,6-7H,5H2,1-3H3. The minimum Gasteiger partial charge on any atom is -0.103 e. The van der Waals surface area contributed by atoms with Crippen LogP contribution in [0.5, 0.6) is 0 Å². The molecule has 10 heavy (non-hydrogen) atoms. The van der Waals surface area contributed by atoms with Crippen LogP contribution in [0.25, 0.3) is 0 Å². The van der Waals surface area contributed by atoms with E-state index in [1.165, 1.54) is 4.91 Å². The van der Waals surface area contributed by atoms with Crippen LogP contribution in [0.3, 0.4) is 0 Å². The fourth-order valence-corrected chi connectivity index (χ4v) is 1.78. The van der Waals surface area contributed by atoms with Gasteiger partial charge in [-0.25, -0.2) is 0 Å². The van der Waals surface area contributed by atoms with Crippen LogP contribution >= 0.6 is 11.8 Å². The van der Waals surface area contributed by atoms with Crippen LogP contribution in [-0.2, 0) is 0 Å². The molecule has 0 saturated carbocycles. The molecule has 0 aromatic carbocycles. The molecule has 0 spiro atoms. The quantitative estimate of drug-likeness (QED) is 0.556. The normalized spacial score (nSPS) is 18.8. The van der Waals surface area contributed by atoms with E-state index in [0.717, 1.165) is 12.3 Å². The number of hydrogen-bond acceptors (Lipinski definition) is 1. The topological polar surface area (TPSA) is 0 Å². The van der Waals surface area contributed by atoms with E-state index in [-0.39, 0.29) is 0 Å². The predicted octanol–water partition coefficient (Wildman–Crippen LogP) is 3.57. The predicted molar refractivity (Wildman–Crippen MR) is 48.9 cm³/mol. The van der Waals surface area contributed by atoms with Crippen LogP contribution in [0.4, 0.5) is 0 Å². The van der Waals surface area contributed by atoms with Crippen molar-refractivity contribution in [2.45, 2.75) is 27.2 Å². The molecule has 0 saturated heterocycles. The molecule has 1 rings (SSSR count). The Hall–Kier alpha value is -0.170. The summed E-state index contributed by atoms with van der Waals surface area (Å²) in [5.41, 5.74) is 1.57. The van der Waals surface area contributed by atoms with Crippen molar-refractivity contribution >= 4 is 11.8 Å². The van der Waals surface area contributed by atoms with Crippen molar-refractivity contribution in [2.75, 3.05) is 0 Å². The number of hydrogen-bond donors (Lipinski definition) is 0. The first-order valence-corrected chi connectivity index (χ1v) is 4.60. The fraction of sp³-hybridized carbons (Fsp3) is 0.556. The third kappa shape index (κ3) is 1.91. The van der Waals surface area contributed by atoms with Gasteiger partial charge in [0.2, 0.25) is 0 Å². The summed E-state index contributed by atoms with van der Waals surface area (Å²) in [6.07, 6.45) is 3.47. The van der Waals surface area contributed by atoms with Crippen LogP contribution < -0.4 is 0 Å². The number of allylic oxidation sites excluding steroid dienone is 3. The molecule has 0 aromatic rings. The van der Waals surface area contributed by atoms with Crippen molar-refractivity contribution in [1.82, 2.24) is 0 Å². The lowest BCUT2D eigenvalue weighted by Gasteiger charge is -2.13. The highest BCUT2D eigenvalue weighted by Crippen LogP contribution is 2.29. The molecule has 0 N–H and O–H groups in total. The zero-order chi connectivity index (χ0) is 7.56. The Morgan fingerprint density at radius 2 is 2.20 bits per heavy atom. The summed E-state index contributed by atoms with van der Waals surface area (Å²) < 4.78 is 0. The fourth-order valence-electron chi connectivity index (χ4n) is 0.898. The van der Waals surface area contributed by atoms with E-state index in [2.05, 4.69) is 32.3 Å². The van der Waals surface area contributed by atoms with E-state index in [9.17, 15) is 0 Å². The van der Waals surface area contributed by atoms with Gasteiger partial charge in [0.05, 0.1) is 0 Å². The smallest absolute Gasteiger partial charge is 0.0117 e. The van der Waals surface area contributed by atoms with Gasteiger partial charge in [0.15, 0.2) is 0 Å². The third-order valence-corrected chi connectivity index (χ3v) is 2.72. The molecule has 0 bridgehead atoms. The number of rotatable bonds is 1. The molecular formula is C9H14S. The molecule has 1 heteroatoms. The van der Waals surface area contributed by atoms with Crippen molar-refractivity contribution in [1.29, 1.82) is 0 Å². The van der Waals surface area contributed by atoms with Gasteiger partial charge in [-0.3, -0.25) is 0 Å². The average Bonchev–Trinajstić information content (AvgIpc) is 1.88. The van der Waals surface area contributed by atoms with Crippen LogP contribution in [-0.4, -0.2) is 0 Å². The Balaban J connectivity index is 2.54. The summed E-state index contributed by atoms with van der Waals surface area (Å²) in [6.45, 7) is 6.67. The molecule has 0 amide bonds. The van der Waals surface area contributed by atoms with Crippen LogP contribution in [0.15, 0.2) is 22.0 Å². The van der Waals surface area contributed by atoms with E-state index in [4.69, 9.17) is 0 Å². The van der Waals surface area contributed by atoms with Crippen LogP contribution in [0.2, 0.25) is 0 Å². The molecular weight excluding hydrogens is 140 g/mol. The van der Waals surface area contributed by atoms with Gasteiger partial charge in [0, 0.05) is 0 Å². The summed E-state index contributed by atoms with van der Waals surface area (Å²) in [5, 5.41) is 2.29. The molecule has 56 valence electrons. The van der Waals surface area contributed by atoms with E-state index < -0.39 is 0 Å². The summed E-state index contributed by atoms with van der Waals surface area (Å²) in [5.74, 6) is 0.719. The van der Waals surface area contributed by atoms with Gasteiger partial charge < -0.3 is 0 Å². The average molecular weight is 154 g/mol. The van der Waals surface area contributed by atoms with Crippen molar-refractivity contribution in [3.8, 4) is 0 Å². The highest BCUT2D eigenvalue weighted by Gasteiger charge is 2.05. The Bertz CT molecular complexity index is 175. The Labute approximate surface area is 67.4 Å². The van der Waals surface area contributed by atoms with E-state index in [0.29, 0.717) is 0 Å². The van der Waals surface area contributed by atoms with E-state index in [1.54, 1.807) is 5.57 Å². The molecule has 0 aliphatic carbocycles. The summed E-state index contributed by atoms with van der Waals surface area (Å²) in [4.78, 5) is 1.43. The molecule has 0 atom stereocenters. The second-order valence-corrected chi connectivity index (χ2v) is 4.10. The van der Waals surface area contributed by atoms with Crippen LogP contribution in [0, 0.1) is 5.92 Å². The minimum absolute atomic E-state index is 0.719. The molecule has 1 aliphatic rings. The maximum atomic E-state index is 2.31. The molecule has 0 radical (unpaired) electrons. The SMILES string of the molecule is CC1=CCC(C(C)C)=CS1. The highest BCUT2D eigenvalue weighted by molar-refractivity contribution is 8.05. The van der Waals surface area contributed by atoms with Crippen LogP contribution in [0.1, 0.15) is 27.2 Å². The largest absolute Gasteiger partial charge is 0.103 e. The monoisotopic (exact) mass is 154 g/mol. The lowest BCUT2D eigenvalue weighted by Crippen LogP contribution is -1.94. The van der Waals surface area contributed by atoms with Gasteiger partial charge in [-0.05, 0) is 29.6 Å². The molecule has 1 aliphatic heterocycles. The molecule has 0 fully saturated rings. The maximum Gasteiger partial charge on any atom is -0.0117 e. The maximum absolute atomic E-state index is 2.31. The Kier molecular flexibility index (Phi) is 2.61. The zero-order valence-electron chi connectivity index (χ0n) is 6.85. The molecule has 0 aromatic heterocycles. The lowest BCUT2D eigenvalue weighted by atomic mass is 10.0. The first-order valence-electron chi connectivity index (χ1n) is 3.72. The molecule has 0 unspecified atom stereocenters. The molecule has 0 nitrogen and oxygen atoms in total. The van der Waals surface area contributed by atoms with Crippen molar-refractivity contribution in [3.63, 3.8) is 0 Å². The van der Waals surface area contributed by atoms with Gasteiger partial charge in [0.25, 0.3) is 0 Å². The van der Waals surface area contributed by atoms with E-state index in [1.807, 2.05) is 11.8 Å². The number of thioether (sulfide) groups is 1. The molecule has 1 heterocycles. The Morgan fingerprint density at radius 1 is 1.50 bits per heavy atom. The second kappa shape index (κ2) is 3.29. The minimum atomic E-state index is 0.719. The summed E-state index contributed by atoms with van der Waals surface area (Å²) >= 11 is 1.85. The second-order valence-electron chi connectivity index (χ2n) is 2.98. The van der Waals surface area contributed by atoms with Gasteiger partial charge in [0.1, 0.15) is 0 Å².